The van der Waals surface area contributed by atoms with Crippen LogP contribution in [0.1, 0.15) is 17.4 Å². The normalized spacial score (nSPS) is 15.1. The lowest BCUT2D eigenvalue weighted by Gasteiger charge is -2.24. The number of hydrogen-bond acceptors (Lipinski definition) is 7. The van der Waals surface area contributed by atoms with E-state index in [9.17, 15) is 0 Å². The zero-order chi connectivity index (χ0) is 13.9. The fourth-order valence-corrected chi connectivity index (χ4v) is 2.22. The van der Waals surface area contributed by atoms with E-state index in [0.717, 1.165) is 17.1 Å². The van der Waals surface area contributed by atoms with Crippen LogP contribution in [0, 0.1) is 0 Å². The summed E-state index contributed by atoms with van der Waals surface area (Å²) < 4.78 is 11.3. The molecule has 0 fully saturated rings. The second-order valence-electron chi connectivity index (χ2n) is 4.49. The van der Waals surface area contributed by atoms with E-state index in [1.165, 1.54) is 4.80 Å². The number of aryl methyl sites for hydroxylation is 1. The van der Waals surface area contributed by atoms with Crippen molar-refractivity contribution >= 4 is 0 Å². The molecular weight excluding hydrogens is 260 g/mol. The Bertz CT molecular complexity index is 599. The monoisotopic (exact) mass is 276 g/mol. The fourth-order valence-electron chi connectivity index (χ4n) is 2.22. The summed E-state index contributed by atoms with van der Waals surface area (Å²) >= 11 is 0. The Morgan fingerprint density at radius 2 is 2.25 bits per heavy atom. The first-order valence-electron chi connectivity index (χ1n) is 6.35. The molecule has 3 N–H and O–H groups in total. The Labute approximate surface area is 115 Å². The van der Waals surface area contributed by atoms with Crippen molar-refractivity contribution in [2.75, 3.05) is 13.2 Å². The maximum absolute atomic E-state index is 5.70. The number of fused-ring (bicyclic) bond motifs is 1. The van der Waals surface area contributed by atoms with E-state index in [1.54, 1.807) is 7.05 Å². The van der Waals surface area contributed by atoms with E-state index in [4.69, 9.17) is 15.3 Å². The predicted octanol–water partition coefficient (Wildman–Crippen LogP) is -0.272. The molecule has 0 spiro atoms. The molecule has 0 radical (unpaired) electrons. The molecular formula is C12H16N6O2. The third kappa shape index (κ3) is 2.43. The molecule has 8 heteroatoms. The van der Waals surface area contributed by atoms with E-state index in [0.29, 0.717) is 25.5 Å². The SMILES string of the molecule is Cn1nnc(CC(NN)c2cccc3c2OCCO3)n1. The molecule has 106 valence electrons. The highest BCUT2D eigenvalue weighted by Gasteiger charge is 2.22. The molecule has 0 aliphatic carbocycles. The maximum Gasteiger partial charge on any atom is 0.176 e. The number of benzene rings is 1. The van der Waals surface area contributed by atoms with Crippen LogP contribution in [0.4, 0.5) is 0 Å². The Hall–Kier alpha value is -2.19. The fraction of sp³-hybridized carbons (Fsp3) is 0.417. The van der Waals surface area contributed by atoms with Crippen LogP contribution in [0.15, 0.2) is 18.2 Å². The van der Waals surface area contributed by atoms with Crippen molar-refractivity contribution in [1.82, 2.24) is 25.6 Å². The molecule has 20 heavy (non-hydrogen) atoms. The summed E-state index contributed by atoms with van der Waals surface area (Å²) in [5, 5.41) is 12.0. The van der Waals surface area contributed by atoms with Crippen molar-refractivity contribution in [2.45, 2.75) is 12.5 Å². The predicted molar refractivity (Wildman–Crippen MR) is 70.0 cm³/mol. The minimum Gasteiger partial charge on any atom is -0.486 e. The van der Waals surface area contributed by atoms with Gasteiger partial charge in [-0.25, -0.2) is 0 Å². The molecule has 1 atom stereocenters. The van der Waals surface area contributed by atoms with Crippen LogP contribution in [-0.2, 0) is 13.5 Å². The number of ether oxygens (including phenoxy) is 2. The van der Waals surface area contributed by atoms with Crippen LogP contribution in [-0.4, -0.2) is 33.4 Å². The van der Waals surface area contributed by atoms with Crippen molar-refractivity contribution in [2.24, 2.45) is 12.9 Å². The van der Waals surface area contributed by atoms with E-state index in [-0.39, 0.29) is 6.04 Å². The first-order chi connectivity index (χ1) is 9.78. The van der Waals surface area contributed by atoms with E-state index < -0.39 is 0 Å². The van der Waals surface area contributed by atoms with Crippen LogP contribution in [0.3, 0.4) is 0 Å². The van der Waals surface area contributed by atoms with Gasteiger partial charge in [-0.15, -0.1) is 10.2 Å². The summed E-state index contributed by atoms with van der Waals surface area (Å²) in [4.78, 5) is 1.42. The number of rotatable bonds is 4. The van der Waals surface area contributed by atoms with Crippen LogP contribution in [0.2, 0.25) is 0 Å². The largest absolute Gasteiger partial charge is 0.486 e. The summed E-state index contributed by atoms with van der Waals surface area (Å²) in [6.45, 7) is 1.09. The number of aromatic nitrogens is 4. The molecule has 0 bridgehead atoms. The van der Waals surface area contributed by atoms with E-state index in [2.05, 4.69) is 20.8 Å². The Balaban J connectivity index is 1.89. The summed E-state index contributed by atoms with van der Waals surface area (Å²) in [6.07, 6.45) is 0.518. The minimum absolute atomic E-state index is 0.171. The lowest BCUT2D eigenvalue weighted by molar-refractivity contribution is 0.168. The Kier molecular flexibility index (Phi) is 3.48. The lowest BCUT2D eigenvalue weighted by atomic mass is 10.0. The highest BCUT2D eigenvalue weighted by molar-refractivity contribution is 5.49. The Morgan fingerprint density at radius 1 is 1.40 bits per heavy atom. The van der Waals surface area contributed by atoms with Gasteiger partial charge < -0.3 is 9.47 Å². The maximum atomic E-state index is 5.70. The number of hydrogen-bond donors (Lipinski definition) is 2. The second-order valence-corrected chi connectivity index (χ2v) is 4.49. The standard InChI is InChI=1S/C12H16N6O2/c1-18-16-11(15-17-18)7-9(14-13)8-3-2-4-10-12(8)20-6-5-19-10/h2-4,9,14H,5-7,13H2,1H3. The van der Waals surface area contributed by atoms with Gasteiger partial charge in [-0.05, 0) is 11.3 Å². The van der Waals surface area contributed by atoms with Gasteiger partial charge in [-0.2, -0.15) is 4.80 Å². The molecule has 8 nitrogen and oxygen atoms in total. The number of hydrazine groups is 1. The topological polar surface area (TPSA) is 100 Å². The molecule has 1 aromatic carbocycles. The number of tetrazole rings is 1. The summed E-state index contributed by atoms with van der Waals surface area (Å²) in [6, 6.07) is 5.58. The summed E-state index contributed by atoms with van der Waals surface area (Å²) in [5.41, 5.74) is 3.70. The number of para-hydroxylation sites is 1. The lowest BCUT2D eigenvalue weighted by Crippen LogP contribution is -2.31. The average Bonchev–Trinajstić information content (AvgIpc) is 2.89. The van der Waals surface area contributed by atoms with Gasteiger partial charge in [-0.1, -0.05) is 12.1 Å². The first kappa shape index (κ1) is 12.8. The van der Waals surface area contributed by atoms with Crippen molar-refractivity contribution in [1.29, 1.82) is 0 Å². The molecule has 3 rings (SSSR count). The van der Waals surface area contributed by atoms with Gasteiger partial charge in [0, 0.05) is 12.0 Å². The van der Waals surface area contributed by atoms with Gasteiger partial charge in [0.2, 0.25) is 0 Å². The van der Waals surface area contributed by atoms with Gasteiger partial charge in [0.25, 0.3) is 0 Å². The molecule has 1 unspecified atom stereocenters. The van der Waals surface area contributed by atoms with Crippen molar-refractivity contribution in [3.8, 4) is 11.5 Å². The van der Waals surface area contributed by atoms with Crippen molar-refractivity contribution in [3.63, 3.8) is 0 Å². The van der Waals surface area contributed by atoms with Crippen molar-refractivity contribution < 1.29 is 9.47 Å². The molecule has 0 saturated heterocycles. The van der Waals surface area contributed by atoms with Crippen LogP contribution in [0.25, 0.3) is 0 Å². The molecule has 1 aliphatic heterocycles. The smallest absolute Gasteiger partial charge is 0.176 e. The summed E-state index contributed by atoms with van der Waals surface area (Å²) in [7, 11) is 1.72. The third-order valence-electron chi connectivity index (χ3n) is 3.11. The van der Waals surface area contributed by atoms with E-state index in [1.807, 2.05) is 18.2 Å². The molecule has 1 aromatic heterocycles. The summed E-state index contributed by atoms with van der Waals surface area (Å²) in [5.74, 6) is 7.74. The number of nitrogens with one attached hydrogen (secondary N) is 1. The van der Waals surface area contributed by atoms with Gasteiger partial charge in [0.05, 0.1) is 13.1 Å². The third-order valence-corrected chi connectivity index (χ3v) is 3.11. The van der Waals surface area contributed by atoms with Gasteiger partial charge in [0.1, 0.15) is 13.2 Å². The Morgan fingerprint density at radius 3 is 3.00 bits per heavy atom. The number of nitrogens with zero attached hydrogens (tertiary/aromatic N) is 4. The van der Waals surface area contributed by atoms with Crippen molar-refractivity contribution in [3.05, 3.63) is 29.6 Å². The molecule has 2 aromatic rings. The molecule has 1 aliphatic rings. The minimum atomic E-state index is -0.171. The van der Waals surface area contributed by atoms with E-state index >= 15 is 0 Å². The number of nitrogens with two attached hydrogens (primary N) is 1. The van der Waals surface area contributed by atoms with Crippen LogP contribution in [0.5, 0.6) is 11.5 Å². The average molecular weight is 276 g/mol. The molecule has 0 saturated carbocycles. The zero-order valence-electron chi connectivity index (χ0n) is 11.1. The molecule has 2 heterocycles. The van der Waals surface area contributed by atoms with Gasteiger partial charge in [-0.3, -0.25) is 11.3 Å². The first-order valence-corrected chi connectivity index (χ1v) is 6.35. The second kappa shape index (κ2) is 5.43. The van der Waals surface area contributed by atoms with Crippen LogP contribution >= 0.6 is 0 Å². The quantitative estimate of drug-likeness (QED) is 0.585. The zero-order valence-corrected chi connectivity index (χ0v) is 11.1. The van der Waals surface area contributed by atoms with Gasteiger partial charge >= 0.3 is 0 Å². The highest BCUT2D eigenvalue weighted by atomic mass is 16.6. The molecule has 0 amide bonds. The van der Waals surface area contributed by atoms with Gasteiger partial charge in [0.15, 0.2) is 17.3 Å². The van der Waals surface area contributed by atoms with Crippen LogP contribution < -0.4 is 20.7 Å². The highest BCUT2D eigenvalue weighted by Crippen LogP contribution is 2.37.